The minimum atomic E-state index is -3.87. The molecule has 7 heteroatoms. The number of ether oxygens (including phenoxy) is 1. The van der Waals surface area contributed by atoms with E-state index in [0.29, 0.717) is 31.8 Å². The summed E-state index contributed by atoms with van der Waals surface area (Å²) in [7, 11) is -3.87. The molecule has 0 aliphatic carbocycles. The van der Waals surface area contributed by atoms with Crippen molar-refractivity contribution >= 4 is 16.0 Å². The van der Waals surface area contributed by atoms with Crippen LogP contribution in [0.15, 0.2) is 12.2 Å². The van der Waals surface area contributed by atoms with Gasteiger partial charge in [-0.3, -0.25) is 9.35 Å². The second-order valence-electron chi connectivity index (χ2n) is 4.70. The van der Waals surface area contributed by atoms with Gasteiger partial charge in [0.25, 0.3) is 10.1 Å². The molecule has 0 aromatic carbocycles. The Bertz CT molecular complexity index is 392. The topological polar surface area (TPSA) is 92.7 Å². The zero-order chi connectivity index (χ0) is 15.4. The first-order valence-corrected chi connectivity index (χ1v) is 8.40. The second kappa shape index (κ2) is 10.8. The van der Waals surface area contributed by atoms with Crippen LogP contribution in [0, 0.1) is 0 Å². The molecule has 0 atom stereocenters. The predicted octanol–water partition coefficient (Wildman–Crippen LogP) is 1.53. The maximum Gasteiger partial charge on any atom is 0.264 e. The molecule has 0 spiro atoms. The average molecular weight is 307 g/mol. The molecule has 6 nitrogen and oxygen atoms in total. The Hall–Kier alpha value is -0.920. The maximum absolute atomic E-state index is 11.2. The van der Waals surface area contributed by atoms with Crippen LogP contribution in [0.1, 0.15) is 39.0 Å². The van der Waals surface area contributed by atoms with E-state index in [2.05, 4.69) is 11.9 Å². The van der Waals surface area contributed by atoms with Crippen LogP contribution in [0.2, 0.25) is 0 Å². The van der Waals surface area contributed by atoms with E-state index in [1.165, 1.54) is 0 Å². The average Bonchev–Trinajstić information content (AvgIpc) is 2.34. The second-order valence-corrected chi connectivity index (χ2v) is 6.27. The number of hydrogen-bond acceptors (Lipinski definition) is 4. The zero-order valence-corrected chi connectivity index (χ0v) is 12.9. The molecule has 0 radical (unpaired) electrons. The van der Waals surface area contributed by atoms with Gasteiger partial charge in [0, 0.05) is 25.3 Å². The lowest BCUT2D eigenvalue weighted by molar-refractivity contribution is -0.117. The van der Waals surface area contributed by atoms with Crippen molar-refractivity contribution in [1.82, 2.24) is 5.32 Å². The molecule has 0 aliphatic rings. The van der Waals surface area contributed by atoms with E-state index in [1.54, 1.807) is 6.92 Å². The Labute approximate surface area is 121 Å². The first-order valence-electron chi connectivity index (χ1n) is 6.79. The Kier molecular flexibility index (Phi) is 10.3. The molecule has 118 valence electrons. The first kappa shape index (κ1) is 19.1. The number of nitrogens with one attached hydrogen (secondary N) is 1. The van der Waals surface area contributed by atoms with Gasteiger partial charge in [0.15, 0.2) is 0 Å². The van der Waals surface area contributed by atoms with Crippen molar-refractivity contribution < 1.29 is 22.5 Å². The van der Waals surface area contributed by atoms with Crippen molar-refractivity contribution in [3.63, 3.8) is 0 Å². The molecule has 0 unspecified atom stereocenters. The zero-order valence-electron chi connectivity index (χ0n) is 12.1. The lowest BCUT2D eigenvalue weighted by atomic mass is 10.2. The van der Waals surface area contributed by atoms with Crippen LogP contribution >= 0.6 is 0 Å². The molecule has 0 saturated carbocycles. The Morgan fingerprint density at radius 1 is 1.15 bits per heavy atom. The van der Waals surface area contributed by atoms with Gasteiger partial charge in [-0.05, 0) is 26.2 Å². The van der Waals surface area contributed by atoms with Crippen LogP contribution in [0.5, 0.6) is 0 Å². The molecule has 0 aromatic heterocycles. The molecule has 0 aromatic rings. The fraction of sp³-hybridized carbons (Fsp3) is 0.769. The molecular formula is C13H25NO5S. The molecule has 20 heavy (non-hydrogen) atoms. The molecule has 0 saturated heterocycles. The Morgan fingerprint density at radius 3 is 2.35 bits per heavy atom. The van der Waals surface area contributed by atoms with Gasteiger partial charge in [0.2, 0.25) is 5.91 Å². The highest BCUT2D eigenvalue weighted by Gasteiger charge is 2.03. The van der Waals surface area contributed by atoms with Crippen molar-refractivity contribution in [1.29, 1.82) is 0 Å². The number of amides is 1. The lowest BCUT2D eigenvalue weighted by Gasteiger charge is -2.05. The van der Waals surface area contributed by atoms with Crippen molar-refractivity contribution in [3.05, 3.63) is 12.2 Å². The number of rotatable bonds is 12. The smallest absolute Gasteiger partial charge is 0.264 e. The highest BCUT2D eigenvalue weighted by molar-refractivity contribution is 7.85. The summed E-state index contributed by atoms with van der Waals surface area (Å²) in [5, 5.41) is 2.76. The van der Waals surface area contributed by atoms with Crippen LogP contribution in [-0.2, 0) is 19.6 Å². The van der Waals surface area contributed by atoms with Gasteiger partial charge in [0.05, 0.1) is 5.75 Å². The molecule has 0 aliphatic heterocycles. The minimum Gasteiger partial charge on any atom is -0.381 e. The van der Waals surface area contributed by atoms with Gasteiger partial charge < -0.3 is 10.1 Å². The van der Waals surface area contributed by atoms with E-state index >= 15 is 0 Å². The summed E-state index contributed by atoms with van der Waals surface area (Å²) in [4.78, 5) is 11.2. The van der Waals surface area contributed by atoms with Crippen LogP contribution in [-0.4, -0.2) is 44.4 Å². The number of carbonyl (C=O) groups excluding carboxylic acids is 1. The fourth-order valence-corrected chi connectivity index (χ4v) is 1.96. The normalized spacial score (nSPS) is 11.3. The van der Waals surface area contributed by atoms with Gasteiger partial charge in [-0.15, -0.1) is 0 Å². The van der Waals surface area contributed by atoms with Gasteiger partial charge in [-0.25, -0.2) is 0 Å². The van der Waals surface area contributed by atoms with Gasteiger partial charge in [-0.1, -0.05) is 19.4 Å². The number of carbonyl (C=O) groups is 1. The predicted molar refractivity (Wildman–Crippen MR) is 78.1 cm³/mol. The largest absolute Gasteiger partial charge is 0.381 e. The van der Waals surface area contributed by atoms with Crippen molar-refractivity contribution in [2.24, 2.45) is 0 Å². The summed E-state index contributed by atoms with van der Waals surface area (Å²) >= 11 is 0. The SMILES string of the molecule is C=C(C)C(=O)NCCCCCCOCCCS(=O)(=O)O. The third-order valence-corrected chi connectivity index (χ3v) is 3.38. The molecule has 0 bridgehead atoms. The summed E-state index contributed by atoms with van der Waals surface area (Å²) in [6, 6.07) is 0. The molecule has 2 N–H and O–H groups in total. The summed E-state index contributed by atoms with van der Waals surface area (Å²) in [6.45, 7) is 6.81. The van der Waals surface area contributed by atoms with E-state index in [0.717, 1.165) is 25.7 Å². The summed E-state index contributed by atoms with van der Waals surface area (Å²) in [6.07, 6.45) is 4.14. The van der Waals surface area contributed by atoms with Crippen LogP contribution in [0.25, 0.3) is 0 Å². The van der Waals surface area contributed by atoms with E-state index < -0.39 is 10.1 Å². The third-order valence-electron chi connectivity index (χ3n) is 2.58. The quantitative estimate of drug-likeness (QED) is 0.324. The van der Waals surface area contributed by atoms with Crippen LogP contribution in [0.3, 0.4) is 0 Å². The number of hydrogen-bond donors (Lipinski definition) is 2. The van der Waals surface area contributed by atoms with E-state index in [-0.39, 0.29) is 11.7 Å². The van der Waals surface area contributed by atoms with E-state index in [4.69, 9.17) is 9.29 Å². The van der Waals surface area contributed by atoms with Gasteiger partial charge in [-0.2, -0.15) is 8.42 Å². The number of unbranched alkanes of at least 4 members (excludes halogenated alkanes) is 3. The minimum absolute atomic E-state index is 0.104. The Balaban J connectivity index is 3.21. The standard InChI is InChI=1S/C13H25NO5S/c1-12(2)13(15)14-8-5-3-4-6-9-19-10-7-11-20(16,17)18/h1,3-11H2,2H3,(H,14,15)(H,16,17,18). The summed E-state index contributed by atoms with van der Waals surface area (Å²) < 4.78 is 34.6. The molecule has 0 heterocycles. The highest BCUT2D eigenvalue weighted by Crippen LogP contribution is 2.00. The Morgan fingerprint density at radius 2 is 1.75 bits per heavy atom. The van der Waals surface area contributed by atoms with Crippen LogP contribution < -0.4 is 5.32 Å². The van der Waals surface area contributed by atoms with E-state index in [1.807, 2.05) is 0 Å². The maximum atomic E-state index is 11.2. The van der Waals surface area contributed by atoms with Crippen molar-refractivity contribution in [3.8, 4) is 0 Å². The third kappa shape index (κ3) is 13.5. The summed E-state index contributed by atoms with van der Waals surface area (Å²) in [5.41, 5.74) is 0.517. The highest BCUT2D eigenvalue weighted by atomic mass is 32.2. The van der Waals surface area contributed by atoms with Crippen LogP contribution in [0.4, 0.5) is 0 Å². The van der Waals surface area contributed by atoms with Gasteiger partial charge in [0.1, 0.15) is 0 Å². The van der Waals surface area contributed by atoms with E-state index in [9.17, 15) is 13.2 Å². The monoisotopic (exact) mass is 307 g/mol. The van der Waals surface area contributed by atoms with Crippen molar-refractivity contribution in [2.75, 3.05) is 25.5 Å². The van der Waals surface area contributed by atoms with Crippen molar-refractivity contribution in [2.45, 2.75) is 39.0 Å². The van der Waals surface area contributed by atoms with Gasteiger partial charge >= 0.3 is 0 Å². The summed E-state index contributed by atoms with van der Waals surface area (Å²) in [5.74, 6) is -0.359. The molecule has 0 rings (SSSR count). The fourth-order valence-electron chi connectivity index (χ4n) is 1.48. The molecule has 1 amide bonds. The molecular weight excluding hydrogens is 282 g/mol. The lowest BCUT2D eigenvalue weighted by Crippen LogP contribution is -2.24. The first-order chi connectivity index (χ1) is 9.33. The molecule has 0 fully saturated rings.